The Balaban J connectivity index is 1.68. The van der Waals surface area contributed by atoms with Gasteiger partial charge in [-0.15, -0.1) is 11.3 Å². The van der Waals surface area contributed by atoms with Gasteiger partial charge in [0.1, 0.15) is 0 Å². The number of nitrogens with zero attached hydrogens (tertiary/aromatic N) is 1. The number of primary amides is 1. The second-order valence-corrected chi connectivity index (χ2v) is 6.61. The molecule has 1 saturated heterocycles. The molecule has 2 heterocycles. The number of benzene rings is 1. The summed E-state index contributed by atoms with van der Waals surface area (Å²) in [4.78, 5) is 26.4. The fourth-order valence-electron chi connectivity index (χ4n) is 2.92. The van der Waals surface area contributed by atoms with Gasteiger partial charge in [0.2, 0.25) is 5.91 Å². The largest absolute Gasteiger partial charge is 0.368 e. The highest BCUT2D eigenvalue weighted by Gasteiger charge is 2.28. The SMILES string of the molecule is NC(=O)[C@H]1CCCN1Cc1cccc(NC(=O)c2cccs2)c1. The first-order valence-electron chi connectivity index (χ1n) is 7.60. The van der Waals surface area contributed by atoms with Crippen LogP contribution in [0.15, 0.2) is 41.8 Å². The van der Waals surface area contributed by atoms with E-state index in [2.05, 4.69) is 10.2 Å². The van der Waals surface area contributed by atoms with Gasteiger partial charge < -0.3 is 11.1 Å². The van der Waals surface area contributed by atoms with Crippen LogP contribution >= 0.6 is 11.3 Å². The van der Waals surface area contributed by atoms with Crippen LogP contribution in [0.2, 0.25) is 0 Å². The molecule has 1 aliphatic rings. The van der Waals surface area contributed by atoms with E-state index in [0.29, 0.717) is 11.4 Å². The minimum absolute atomic E-state index is 0.103. The summed E-state index contributed by atoms with van der Waals surface area (Å²) < 4.78 is 0. The summed E-state index contributed by atoms with van der Waals surface area (Å²) in [5.74, 6) is -0.363. The molecule has 1 fully saturated rings. The number of hydrogen-bond acceptors (Lipinski definition) is 4. The molecule has 2 aromatic rings. The van der Waals surface area contributed by atoms with Crippen LogP contribution in [-0.2, 0) is 11.3 Å². The molecule has 6 heteroatoms. The van der Waals surface area contributed by atoms with Crippen LogP contribution in [0.5, 0.6) is 0 Å². The third-order valence-corrected chi connectivity index (χ3v) is 4.88. The zero-order chi connectivity index (χ0) is 16.2. The second kappa shape index (κ2) is 6.93. The van der Waals surface area contributed by atoms with Crippen molar-refractivity contribution in [2.75, 3.05) is 11.9 Å². The van der Waals surface area contributed by atoms with Crippen LogP contribution in [0.25, 0.3) is 0 Å². The van der Waals surface area contributed by atoms with E-state index in [-0.39, 0.29) is 17.9 Å². The van der Waals surface area contributed by atoms with E-state index in [9.17, 15) is 9.59 Å². The minimum Gasteiger partial charge on any atom is -0.368 e. The Kier molecular flexibility index (Phi) is 4.73. The van der Waals surface area contributed by atoms with Crippen molar-refractivity contribution in [1.82, 2.24) is 4.90 Å². The Morgan fingerprint density at radius 1 is 1.30 bits per heavy atom. The van der Waals surface area contributed by atoms with Gasteiger partial charge in [-0.25, -0.2) is 0 Å². The van der Waals surface area contributed by atoms with Crippen molar-refractivity contribution in [2.24, 2.45) is 5.73 Å². The summed E-state index contributed by atoms with van der Waals surface area (Å²) in [5, 5.41) is 4.78. The average molecular weight is 329 g/mol. The van der Waals surface area contributed by atoms with E-state index in [4.69, 9.17) is 5.73 Å². The molecular weight excluding hydrogens is 310 g/mol. The van der Waals surface area contributed by atoms with Gasteiger partial charge in [0.05, 0.1) is 10.9 Å². The number of hydrogen-bond donors (Lipinski definition) is 2. The Labute approximate surface area is 139 Å². The molecular formula is C17H19N3O2S. The average Bonchev–Trinajstić information content (AvgIpc) is 3.18. The normalized spacial score (nSPS) is 18.0. The molecule has 5 nitrogen and oxygen atoms in total. The molecule has 1 aliphatic heterocycles. The monoisotopic (exact) mass is 329 g/mol. The Hall–Kier alpha value is -2.18. The summed E-state index contributed by atoms with van der Waals surface area (Å²) >= 11 is 1.41. The molecule has 0 radical (unpaired) electrons. The lowest BCUT2D eigenvalue weighted by molar-refractivity contribution is -0.122. The van der Waals surface area contributed by atoms with Gasteiger partial charge in [0.15, 0.2) is 0 Å². The van der Waals surface area contributed by atoms with Crippen molar-refractivity contribution in [3.8, 4) is 0 Å². The predicted octanol–water partition coefficient (Wildman–Crippen LogP) is 2.45. The summed E-state index contributed by atoms with van der Waals surface area (Å²) in [6, 6.07) is 11.2. The maximum Gasteiger partial charge on any atom is 0.265 e. The first-order chi connectivity index (χ1) is 11.1. The molecule has 3 rings (SSSR count). The zero-order valence-electron chi connectivity index (χ0n) is 12.7. The Morgan fingerprint density at radius 3 is 2.91 bits per heavy atom. The highest BCUT2D eigenvalue weighted by atomic mass is 32.1. The van der Waals surface area contributed by atoms with Crippen LogP contribution in [0.4, 0.5) is 5.69 Å². The third kappa shape index (κ3) is 3.78. The molecule has 1 atom stereocenters. The molecule has 0 unspecified atom stereocenters. The number of nitrogens with one attached hydrogen (secondary N) is 1. The van der Waals surface area contributed by atoms with Crippen LogP contribution in [-0.4, -0.2) is 29.3 Å². The van der Waals surface area contributed by atoms with Gasteiger partial charge in [0, 0.05) is 12.2 Å². The number of carbonyl (C=O) groups is 2. The number of likely N-dealkylation sites (tertiary alicyclic amines) is 1. The Morgan fingerprint density at radius 2 is 2.17 bits per heavy atom. The standard InChI is InChI=1S/C17H19N3O2S/c18-16(21)14-6-2-8-20(14)11-12-4-1-5-13(10-12)19-17(22)15-7-3-9-23-15/h1,3-5,7,9-10,14H,2,6,8,11H2,(H2,18,21)(H,19,22)/t14-/m1/s1. The maximum atomic E-state index is 12.1. The van der Waals surface area contributed by atoms with E-state index in [1.165, 1.54) is 11.3 Å². The zero-order valence-corrected chi connectivity index (χ0v) is 13.5. The van der Waals surface area contributed by atoms with Gasteiger partial charge in [-0.2, -0.15) is 0 Å². The molecule has 0 bridgehead atoms. The van der Waals surface area contributed by atoms with Crippen molar-refractivity contribution in [2.45, 2.75) is 25.4 Å². The third-order valence-electron chi connectivity index (χ3n) is 4.01. The fraction of sp³-hybridized carbons (Fsp3) is 0.294. The van der Waals surface area contributed by atoms with Crippen LogP contribution in [0.3, 0.4) is 0 Å². The number of rotatable bonds is 5. The minimum atomic E-state index is -0.260. The van der Waals surface area contributed by atoms with Crippen molar-refractivity contribution in [1.29, 1.82) is 0 Å². The van der Waals surface area contributed by atoms with E-state index >= 15 is 0 Å². The molecule has 0 spiro atoms. The molecule has 3 N–H and O–H groups in total. The fourth-order valence-corrected chi connectivity index (χ4v) is 3.54. The molecule has 1 aromatic heterocycles. The molecule has 2 amide bonds. The lowest BCUT2D eigenvalue weighted by Crippen LogP contribution is -2.39. The first kappa shape index (κ1) is 15.7. The summed E-state index contributed by atoms with van der Waals surface area (Å²) in [6.07, 6.45) is 1.81. The summed E-state index contributed by atoms with van der Waals surface area (Å²) in [7, 11) is 0. The van der Waals surface area contributed by atoms with Gasteiger partial charge in [-0.3, -0.25) is 14.5 Å². The highest BCUT2D eigenvalue weighted by Crippen LogP contribution is 2.21. The molecule has 23 heavy (non-hydrogen) atoms. The van der Waals surface area contributed by atoms with Crippen LogP contribution in [0.1, 0.15) is 28.1 Å². The van der Waals surface area contributed by atoms with E-state index < -0.39 is 0 Å². The first-order valence-corrected chi connectivity index (χ1v) is 8.48. The van der Waals surface area contributed by atoms with E-state index in [1.54, 1.807) is 6.07 Å². The molecule has 1 aromatic carbocycles. The molecule has 0 saturated carbocycles. The van der Waals surface area contributed by atoms with Crippen molar-refractivity contribution < 1.29 is 9.59 Å². The van der Waals surface area contributed by atoms with E-state index in [1.807, 2.05) is 35.7 Å². The molecule has 0 aliphatic carbocycles. The number of thiophene rings is 1. The Bertz CT molecular complexity index is 700. The quantitative estimate of drug-likeness (QED) is 0.885. The lowest BCUT2D eigenvalue weighted by atomic mass is 10.1. The van der Waals surface area contributed by atoms with Crippen molar-refractivity contribution >= 4 is 28.8 Å². The van der Waals surface area contributed by atoms with Crippen molar-refractivity contribution in [3.63, 3.8) is 0 Å². The topological polar surface area (TPSA) is 75.4 Å². The number of amides is 2. The highest BCUT2D eigenvalue weighted by molar-refractivity contribution is 7.12. The van der Waals surface area contributed by atoms with E-state index in [0.717, 1.165) is 30.6 Å². The number of nitrogens with two attached hydrogens (primary N) is 1. The molecule has 120 valence electrons. The lowest BCUT2D eigenvalue weighted by Gasteiger charge is -2.22. The summed E-state index contributed by atoms with van der Waals surface area (Å²) in [5.41, 5.74) is 7.27. The van der Waals surface area contributed by atoms with Gasteiger partial charge >= 0.3 is 0 Å². The smallest absolute Gasteiger partial charge is 0.265 e. The van der Waals surface area contributed by atoms with Crippen LogP contribution < -0.4 is 11.1 Å². The van der Waals surface area contributed by atoms with Gasteiger partial charge in [-0.1, -0.05) is 18.2 Å². The van der Waals surface area contributed by atoms with Crippen molar-refractivity contribution in [3.05, 3.63) is 52.2 Å². The number of carbonyl (C=O) groups excluding carboxylic acids is 2. The number of anilines is 1. The summed E-state index contributed by atoms with van der Waals surface area (Å²) in [6.45, 7) is 1.54. The van der Waals surface area contributed by atoms with Gasteiger partial charge in [0.25, 0.3) is 5.91 Å². The second-order valence-electron chi connectivity index (χ2n) is 5.66. The van der Waals surface area contributed by atoms with Crippen LogP contribution in [0, 0.1) is 0 Å². The predicted molar refractivity (Wildman–Crippen MR) is 91.3 cm³/mol. The maximum absolute atomic E-state index is 12.1. The van der Waals surface area contributed by atoms with Gasteiger partial charge in [-0.05, 0) is 48.5 Å².